The highest BCUT2D eigenvalue weighted by atomic mass is 16.6. The molecule has 10 nitrogen and oxygen atoms in total. The Bertz CT molecular complexity index is 772. The Hall–Kier alpha value is -3.14. The number of nitro groups is 1. The molecule has 10 heteroatoms. The molecule has 2 aromatic heterocycles. The summed E-state index contributed by atoms with van der Waals surface area (Å²) in [6, 6.07) is 6.02. The van der Waals surface area contributed by atoms with Gasteiger partial charge in [-0.05, 0) is 28.0 Å². The number of non-ortho nitro benzene ring substituents is 1. The molecule has 0 aliphatic heterocycles. The van der Waals surface area contributed by atoms with E-state index in [1.165, 1.54) is 18.5 Å². The maximum absolute atomic E-state index is 10.5. The maximum atomic E-state index is 10.5. The maximum Gasteiger partial charge on any atom is 0.269 e. The van der Waals surface area contributed by atoms with Crippen LogP contribution in [0.5, 0.6) is 0 Å². The van der Waals surface area contributed by atoms with Crippen LogP contribution in [-0.4, -0.2) is 25.2 Å². The van der Waals surface area contributed by atoms with Crippen LogP contribution >= 0.6 is 0 Å². The second kappa shape index (κ2) is 5.46. The van der Waals surface area contributed by atoms with Crippen molar-refractivity contribution in [1.82, 2.24) is 20.3 Å². The van der Waals surface area contributed by atoms with Crippen LogP contribution in [-0.2, 0) is 11.4 Å². The van der Waals surface area contributed by atoms with E-state index in [1.54, 1.807) is 12.1 Å². The van der Waals surface area contributed by atoms with Crippen molar-refractivity contribution in [3.63, 3.8) is 0 Å². The van der Waals surface area contributed by atoms with Crippen molar-refractivity contribution >= 4 is 22.7 Å². The average molecular weight is 288 g/mol. The summed E-state index contributed by atoms with van der Waals surface area (Å²) >= 11 is 0. The highest BCUT2D eigenvalue weighted by Crippen LogP contribution is 2.16. The first-order valence-corrected chi connectivity index (χ1v) is 5.78. The summed E-state index contributed by atoms with van der Waals surface area (Å²) in [6.07, 6.45) is 1.30. The first-order chi connectivity index (χ1) is 10.2. The van der Waals surface area contributed by atoms with Crippen LogP contribution in [0.25, 0.3) is 11.2 Å². The molecule has 0 unspecified atom stereocenters. The van der Waals surface area contributed by atoms with Gasteiger partial charge in [-0.2, -0.15) is 0 Å². The number of hydrogen-bond donors (Lipinski definition) is 1. The summed E-state index contributed by atoms with van der Waals surface area (Å²) in [4.78, 5) is 23.1. The molecular weight excluding hydrogens is 280 g/mol. The Labute approximate surface area is 116 Å². The number of anilines is 1. The number of benzene rings is 1. The molecule has 1 aromatic carbocycles. The number of fused-ring (bicyclic) bond motifs is 1. The van der Waals surface area contributed by atoms with Crippen molar-refractivity contribution in [2.75, 3.05) is 5.48 Å². The Morgan fingerprint density at radius 3 is 2.81 bits per heavy atom. The molecule has 0 amide bonds. The van der Waals surface area contributed by atoms with Crippen molar-refractivity contribution in [1.29, 1.82) is 0 Å². The summed E-state index contributed by atoms with van der Waals surface area (Å²) in [6.45, 7) is 0.189. The number of aromatic nitrogens is 4. The smallest absolute Gasteiger partial charge is 0.269 e. The van der Waals surface area contributed by atoms with E-state index in [0.717, 1.165) is 5.56 Å². The van der Waals surface area contributed by atoms with Gasteiger partial charge >= 0.3 is 0 Å². The van der Waals surface area contributed by atoms with Gasteiger partial charge in [0.15, 0.2) is 11.3 Å². The van der Waals surface area contributed by atoms with E-state index >= 15 is 0 Å². The molecule has 0 aliphatic carbocycles. The Balaban J connectivity index is 1.63. The van der Waals surface area contributed by atoms with E-state index in [0.29, 0.717) is 17.0 Å². The van der Waals surface area contributed by atoms with Crippen LogP contribution in [0.3, 0.4) is 0 Å². The van der Waals surface area contributed by atoms with Crippen molar-refractivity contribution in [2.45, 2.75) is 6.61 Å². The van der Waals surface area contributed by atoms with Gasteiger partial charge in [0.05, 0.1) is 11.5 Å². The molecule has 106 valence electrons. The Morgan fingerprint density at radius 1 is 1.24 bits per heavy atom. The first kappa shape index (κ1) is 12.9. The molecule has 0 bridgehead atoms. The lowest BCUT2D eigenvalue weighted by Gasteiger charge is -2.05. The molecule has 0 atom stereocenters. The van der Waals surface area contributed by atoms with Crippen molar-refractivity contribution in [3.05, 3.63) is 46.3 Å². The predicted molar refractivity (Wildman–Crippen MR) is 68.9 cm³/mol. The van der Waals surface area contributed by atoms with E-state index in [1.807, 2.05) is 0 Å². The van der Waals surface area contributed by atoms with Gasteiger partial charge < -0.3 is 0 Å². The number of nitro benzene ring substituents is 1. The highest BCUT2D eigenvalue weighted by molar-refractivity contribution is 5.80. The number of hydrogen-bond acceptors (Lipinski definition) is 9. The fraction of sp³-hybridized carbons (Fsp3) is 0.0909. The van der Waals surface area contributed by atoms with E-state index in [9.17, 15) is 10.1 Å². The molecule has 0 aliphatic rings. The Kier molecular flexibility index (Phi) is 3.35. The molecule has 2 heterocycles. The molecule has 0 saturated heterocycles. The lowest BCUT2D eigenvalue weighted by atomic mass is 10.2. The van der Waals surface area contributed by atoms with Gasteiger partial charge in [0, 0.05) is 12.1 Å². The van der Waals surface area contributed by atoms with Crippen LogP contribution < -0.4 is 5.48 Å². The minimum Gasteiger partial charge on any atom is -0.270 e. The van der Waals surface area contributed by atoms with E-state index in [-0.39, 0.29) is 12.3 Å². The van der Waals surface area contributed by atoms with Crippen LogP contribution in [0.4, 0.5) is 11.5 Å². The zero-order valence-electron chi connectivity index (χ0n) is 10.5. The molecular formula is C11H8N6O4. The minimum atomic E-state index is -0.460. The second-order valence-electron chi connectivity index (χ2n) is 3.97. The zero-order valence-corrected chi connectivity index (χ0v) is 10.5. The van der Waals surface area contributed by atoms with Crippen molar-refractivity contribution in [3.8, 4) is 0 Å². The third-order valence-corrected chi connectivity index (χ3v) is 2.62. The normalized spacial score (nSPS) is 10.7. The van der Waals surface area contributed by atoms with Crippen molar-refractivity contribution < 1.29 is 14.4 Å². The molecule has 3 rings (SSSR count). The van der Waals surface area contributed by atoms with Gasteiger partial charge in [0.25, 0.3) is 5.69 Å². The van der Waals surface area contributed by atoms with Crippen LogP contribution in [0.1, 0.15) is 5.56 Å². The van der Waals surface area contributed by atoms with Gasteiger partial charge in [0.1, 0.15) is 6.33 Å². The lowest BCUT2D eigenvalue weighted by Crippen LogP contribution is -2.04. The topological polar surface area (TPSA) is 129 Å². The zero-order chi connectivity index (χ0) is 14.7. The van der Waals surface area contributed by atoms with Gasteiger partial charge in [-0.15, -0.1) is 0 Å². The van der Waals surface area contributed by atoms with Crippen molar-refractivity contribution in [2.24, 2.45) is 0 Å². The lowest BCUT2D eigenvalue weighted by molar-refractivity contribution is -0.384. The second-order valence-corrected chi connectivity index (χ2v) is 3.97. The molecule has 21 heavy (non-hydrogen) atoms. The summed E-state index contributed by atoms with van der Waals surface area (Å²) < 4.78 is 4.54. The molecule has 1 N–H and O–H groups in total. The quantitative estimate of drug-likeness (QED) is 0.547. The van der Waals surface area contributed by atoms with Crippen LogP contribution in [0.15, 0.2) is 35.2 Å². The first-order valence-electron chi connectivity index (χ1n) is 5.78. The monoisotopic (exact) mass is 288 g/mol. The minimum absolute atomic E-state index is 0.0258. The molecule has 0 fully saturated rings. The van der Waals surface area contributed by atoms with Gasteiger partial charge in [-0.1, -0.05) is 0 Å². The summed E-state index contributed by atoms with van der Waals surface area (Å²) in [5, 5.41) is 17.8. The van der Waals surface area contributed by atoms with E-state index < -0.39 is 4.92 Å². The molecule has 0 spiro atoms. The predicted octanol–water partition coefficient (Wildman–Crippen LogP) is 1.46. The fourth-order valence-corrected chi connectivity index (χ4v) is 1.60. The van der Waals surface area contributed by atoms with E-state index in [2.05, 4.69) is 30.4 Å². The third kappa shape index (κ3) is 2.74. The summed E-state index contributed by atoms with van der Waals surface area (Å²) in [5.74, 6) is 0.322. The van der Waals surface area contributed by atoms with Crippen LogP contribution in [0.2, 0.25) is 0 Å². The van der Waals surface area contributed by atoms with Crippen LogP contribution in [0, 0.1) is 10.1 Å². The van der Waals surface area contributed by atoms with Gasteiger partial charge in [-0.25, -0.2) is 20.1 Å². The molecule has 0 radical (unpaired) electrons. The SMILES string of the molecule is O=[N+]([O-])c1ccc(CONc2ncnc3nonc23)cc1. The number of nitrogens with zero attached hydrogens (tertiary/aromatic N) is 5. The summed E-state index contributed by atoms with van der Waals surface area (Å²) in [7, 11) is 0. The standard InChI is InChI=1S/C11H8N6O4/c18-17(19)8-3-1-7(2-4-8)5-20-15-10-9-11(13-6-12-10)16-21-14-9/h1-4,6H,5H2,(H,12,13,15,16). The highest BCUT2D eigenvalue weighted by Gasteiger charge is 2.09. The average Bonchev–Trinajstić information content (AvgIpc) is 2.97. The fourth-order valence-electron chi connectivity index (χ4n) is 1.60. The molecule has 3 aromatic rings. The summed E-state index contributed by atoms with van der Waals surface area (Å²) in [5.41, 5.74) is 4.06. The number of nitrogens with one attached hydrogen (secondary N) is 1. The molecule has 0 saturated carbocycles. The van der Waals surface area contributed by atoms with Gasteiger partial charge in [0.2, 0.25) is 5.65 Å². The van der Waals surface area contributed by atoms with E-state index in [4.69, 9.17) is 4.84 Å². The van der Waals surface area contributed by atoms with Gasteiger partial charge in [-0.3, -0.25) is 15.0 Å². The largest absolute Gasteiger partial charge is 0.270 e. The third-order valence-electron chi connectivity index (χ3n) is 2.62. The number of rotatable bonds is 5. The Morgan fingerprint density at radius 2 is 2.05 bits per heavy atom.